The molecule has 0 amide bonds. The van der Waals surface area contributed by atoms with Gasteiger partial charge in [-0.15, -0.1) is 0 Å². The summed E-state index contributed by atoms with van der Waals surface area (Å²) in [5.74, 6) is 0. The highest BCUT2D eigenvalue weighted by Gasteiger charge is 2.42. The fourth-order valence-electron chi connectivity index (χ4n) is 1.32. The van der Waals surface area contributed by atoms with Crippen molar-refractivity contribution in [2.24, 2.45) is 0 Å². The van der Waals surface area contributed by atoms with Gasteiger partial charge in [0.25, 0.3) is 0 Å². The quantitative estimate of drug-likeness (QED) is 0.607. The van der Waals surface area contributed by atoms with Gasteiger partial charge in [-0.05, 0) is 20.8 Å². The Labute approximate surface area is 84.4 Å². The van der Waals surface area contributed by atoms with E-state index in [0.29, 0.717) is 0 Å². The Bertz CT molecular complexity index is 296. The third-order valence-electron chi connectivity index (χ3n) is 2.34. The van der Waals surface area contributed by atoms with Gasteiger partial charge in [0.15, 0.2) is 0 Å². The SMILES string of the molecule is CC(C)(C)S(=O)(=O)N1CC(O)C(O)C1. The van der Waals surface area contributed by atoms with Crippen molar-refractivity contribution in [3.63, 3.8) is 0 Å². The highest BCUT2D eigenvalue weighted by molar-refractivity contribution is 7.90. The van der Waals surface area contributed by atoms with Gasteiger partial charge in [-0.1, -0.05) is 0 Å². The van der Waals surface area contributed by atoms with Gasteiger partial charge in [-0.2, -0.15) is 4.31 Å². The van der Waals surface area contributed by atoms with Crippen LogP contribution < -0.4 is 0 Å². The summed E-state index contributed by atoms with van der Waals surface area (Å²) < 4.78 is 23.9. The molecule has 2 N–H and O–H groups in total. The van der Waals surface area contributed by atoms with Crippen molar-refractivity contribution in [2.45, 2.75) is 37.7 Å². The van der Waals surface area contributed by atoms with Crippen LogP contribution in [0.25, 0.3) is 0 Å². The second kappa shape index (κ2) is 3.44. The Morgan fingerprint density at radius 2 is 1.50 bits per heavy atom. The minimum atomic E-state index is -3.43. The average Bonchev–Trinajstić information content (AvgIpc) is 2.30. The van der Waals surface area contributed by atoms with Gasteiger partial charge in [0.2, 0.25) is 10.0 Å². The molecule has 2 atom stereocenters. The Morgan fingerprint density at radius 1 is 1.14 bits per heavy atom. The Morgan fingerprint density at radius 3 is 1.79 bits per heavy atom. The summed E-state index contributed by atoms with van der Waals surface area (Å²) in [6.45, 7) is 4.76. The number of nitrogens with zero attached hydrogens (tertiary/aromatic N) is 1. The molecule has 1 aliphatic heterocycles. The lowest BCUT2D eigenvalue weighted by Gasteiger charge is -2.26. The first-order chi connectivity index (χ1) is 6.16. The molecule has 0 spiro atoms. The van der Waals surface area contributed by atoms with E-state index < -0.39 is 27.0 Å². The van der Waals surface area contributed by atoms with Gasteiger partial charge in [-0.3, -0.25) is 0 Å². The third kappa shape index (κ3) is 1.93. The Kier molecular flexibility index (Phi) is 2.93. The highest BCUT2D eigenvalue weighted by Crippen LogP contribution is 2.24. The van der Waals surface area contributed by atoms with Crippen LogP contribution in [0.1, 0.15) is 20.8 Å². The fraction of sp³-hybridized carbons (Fsp3) is 1.00. The van der Waals surface area contributed by atoms with Crippen LogP contribution in [0.4, 0.5) is 0 Å². The van der Waals surface area contributed by atoms with Gasteiger partial charge in [-0.25, -0.2) is 8.42 Å². The van der Waals surface area contributed by atoms with Crippen molar-refractivity contribution < 1.29 is 18.6 Å². The molecular weight excluding hydrogens is 206 g/mol. The van der Waals surface area contributed by atoms with Crippen molar-refractivity contribution in [1.82, 2.24) is 4.31 Å². The Balaban J connectivity index is 2.88. The fourth-order valence-corrected chi connectivity index (χ4v) is 2.79. The maximum Gasteiger partial charge on any atom is 0.219 e. The van der Waals surface area contributed by atoms with Crippen molar-refractivity contribution in [3.05, 3.63) is 0 Å². The number of β-amino-alcohol motifs (C(OH)–C–C–N with tert-alkyl or cyclic N) is 2. The van der Waals surface area contributed by atoms with Gasteiger partial charge in [0.05, 0.1) is 17.0 Å². The van der Waals surface area contributed by atoms with Crippen molar-refractivity contribution >= 4 is 10.0 Å². The van der Waals surface area contributed by atoms with E-state index in [0.717, 1.165) is 4.31 Å². The summed E-state index contributed by atoms with van der Waals surface area (Å²) in [5, 5.41) is 18.5. The van der Waals surface area contributed by atoms with E-state index in [-0.39, 0.29) is 13.1 Å². The zero-order chi connectivity index (χ0) is 11.1. The van der Waals surface area contributed by atoms with E-state index in [2.05, 4.69) is 0 Å². The molecule has 0 saturated carbocycles. The maximum absolute atomic E-state index is 11.8. The van der Waals surface area contributed by atoms with Crippen LogP contribution in [-0.4, -0.2) is 53.0 Å². The highest BCUT2D eigenvalue weighted by atomic mass is 32.2. The first-order valence-corrected chi connectivity index (χ1v) is 5.96. The van der Waals surface area contributed by atoms with Crippen LogP contribution in [0.3, 0.4) is 0 Å². The van der Waals surface area contributed by atoms with Crippen LogP contribution >= 0.6 is 0 Å². The molecule has 0 aromatic carbocycles. The minimum absolute atomic E-state index is 0.0131. The molecule has 1 rings (SSSR count). The molecule has 1 aliphatic rings. The van der Waals surface area contributed by atoms with Crippen LogP contribution in [0.5, 0.6) is 0 Å². The van der Waals surface area contributed by atoms with Crippen molar-refractivity contribution in [2.75, 3.05) is 13.1 Å². The van der Waals surface area contributed by atoms with E-state index in [4.69, 9.17) is 0 Å². The van der Waals surface area contributed by atoms with Crippen LogP contribution in [0, 0.1) is 0 Å². The molecule has 1 heterocycles. The number of aliphatic hydroxyl groups excluding tert-OH is 2. The largest absolute Gasteiger partial charge is 0.389 e. The van der Waals surface area contributed by atoms with Crippen LogP contribution in [-0.2, 0) is 10.0 Å². The molecule has 14 heavy (non-hydrogen) atoms. The van der Waals surface area contributed by atoms with E-state index in [1.54, 1.807) is 20.8 Å². The maximum atomic E-state index is 11.8. The van der Waals surface area contributed by atoms with Crippen LogP contribution in [0.2, 0.25) is 0 Å². The Hall–Kier alpha value is -0.170. The molecule has 0 radical (unpaired) electrons. The first-order valence-electron chi connectivity index (χ1n) is 4.52. The summed E-state index contributed by atoms with van der Waals surface area (Å²) in [6.07, 6.45) is -1.93. The molecule has 0 aromatic rings. The monoisotopic (exact) mass is 223 g/mol. The summed E-state index contributed by atoms with van der Waals surface area (Å²) in [4.78, 5) is 0. The second-order valence-electron chi connectivity index (χ2n) is 4.57. The van der Waals surface area contributed by atoms with Gasteiger partial charge in [0.1, 0.15) is 0 Å². The minimum Gasteiger partial charge on any atom is -0.389 e. The van der Waals surface area contributed by atoms with E-state index >= 15 is 0 Å². The molecule has 84 valence electrons. The summed E-state index contributed by atoms with van der Waals surface area (Å²) in [6, 6.07) is 0. The van der Waals surface area contributed by atoms with Gasteiger partial charge < -0.3 is 10.2 Å². The molecule has 0 aliphatic carbocycles. The molecule has 0 bridgehead atoms. The molecular formula is C8H17NO4S. The molecule has 2 unspecified atom stereocenters. The summed E-state index contributed by atoms with van der Waals surface area (Å²) in [7, 11) is -3.43. The molecule has 5 nitrogen and oxygen atoms in total. The number of aliphatic hydroxyl groups is 2. The third-order valence-corrected chi connectivity index (χ3v) is 4.87. The normalized spacial score (nSPS) is 30.9. The molecule has 1 fully saturated rings. The number of hydrogen-bond acceptors (Lipinski definition) is 4. The standard InChI is InChI=1S/C8H17NO4S/c1-8(2,3)14(12,13)9-4-6(10)7(11)5-9/h6-7,10-11H,4-5H2,1-3H3. The number of rotatable bonds is 1. The van der Waals surface area contributed by atoms with Gasteiger partial charge >= 0.3 is 0 Å². The molecule has 1 saturated heterocycles. The molecule has 6 heteroatoms. The van der Waals surface area contributed by atoms with E-state index in [1.807, 2.05) is 0 Å². The van der Waals surface area contributed by atoms with E-state index in [1.165, 1.54) is 0 Å². The lowest BCUT2D eigenvalue weighted by molar-refractivity contribution is 0.0572. The van der Waals surface area contributed by atoms with Crippen molar-refractivity contribution in [3.8, 4) is 0 Å². The summed E-state index contributed by atoms with van der Waals surface area (Å²) in [5.41, 5.74) is 0. The zero-order valence-electron chi connectivity index (χ0n) is 8.64. The molecule has 0 aromatic heterocycles. The lowest BCUT2D eigenvalue weighted by atomic mass is 10.3. The second-order valence-corrected chi connectivity index (χ2v) is 7.26. The van der Waals surface area contributed by atoms with Gasteiger partial charge in [0, 0.05) is 13.1 Å². The van der Waals surface area contributed by atoms with E-state index in [9.17, 15) is 18.6 Å². The number of hydrogen-bond donors (Lipinski definition) is 2. The average molecular weight is 223 g/mol. The van der Waals surface area contributed by atoms with Crippen LogP contribution in [0.15, 0.2) is 0 Å². The zero-order valence-corrected chi connectivity index (χ0v) is 9.45. The predicted molar refractivity (Wildman–Crippen MR) is 52.3 cm³/mol. The topological polar surface area (TPSA) is 77.8 Å². The first kappa shape index (κ1) is 11.9. The number of sulfonamides is 1. The van der Waals surface area contributed by atoms with Crippen molar-refractivity contribution in [1.29, 1.82) is 0 Å². The lowest BCUT2D eigenvalue weighted by Crippen LogP contribution is -2.42. The predicted octanol–water partition coefficient (Wildman–Crippen LogP) is -0.848. The smallest absolute Gasteiger partial charge is 0.219 e. The summed E-state index contributed by atoms with van der Waals surface area (Å²) >= 11 is 0.